The monoisotopic (exact) mass is 382 g/mol. The van der Waals surface area contributed by atoms with E-state index >= 15 is 0 Å². The van der Waals surface area contributed by atoms with E-state index in [4.69, 9.17) is 5.11 Å². The van der Waals surface area contributed by atoms with Gasteiger partial charge in [0.15, 0.2) is 12.2 Å². The maximum atomic E-state index is 12.0. The van der Waals surface area contributed by atoms with Crippen LogP contribution < -0.4 is 10.6 Å². The van der Waals surface area contributed by atoms with Crippen LogP contribution in [-0.2, 0) is 9.59 Å². The normalized spacial score (nSPS) is 12.2. The number of aliphatic hydroxyl groups excluding tert-OH is 3. The fourth-order valence-corrected chi connectivity index (χ4v) is 2.20. The second kappa shape index (κ2) is 10.8. The summed E-state index contributed by atoms with van der Waals surface area (Å²) >= 11 is 0. The van der Waals surface area contributed by atoms with Crippen molar-refractivity contribution < 1.29 is 24.9 Å². The third kappa shape index (κ3) is 6.52. The fraction of sp³-hybridized carbons (Fsp3) is 0.238. The number of hydrogen-bond acceptors (Lipinski definition) is 5. The number of benzene rings is 2. The highest BCUT2D eigenvalue weighted by molar-refractivity contribution is 5.98. The van der Waals surface area contributed by atoms with E-state index in [1.165, 1.54) is 0 Å². The third-order valence-corrected chi connectivity index (χ3v) is 3.75. The topological polar surface area (TPSA) is 119 Å². The highest BCUT2D eigenvalue weighted by atomic mass is 16.3. The molecule has 0 bridgehead atoms. The number of rotatable bonds is 7. The van der Waals surface area contributed by atoms with Crippen LogP contribution in [0.1, 0.15) is 17.5 Å². The van der Waals surface area contributed by atoms with Crippen molar-refractivity contribution in [1.29, 1.82) is 0 Å². The second-order valence-electron chi connectivity index (χ2n) is 5.94. The first-order chi connectivity index (χ1) is 13.5. The average Bonchev–Trinajstić information content (AvgIpc) is 2.73. The van der Waals surface area contributed by atoms with Crippen molar-refractivity contribution in [2.45, 2.75) is 18.6 Å². The summed E-state index contributed by atoms with van der Waals surface area (Å²) in [6, 6.07) is 16.1. The van der Waals surface area contributed by atoms with Gasteiger partial charge in [0.1, 0.15) is 0 Å². The smallest absolute Gasteiger partial charge is 0.256 e. The number of carbonyl (C=O) groups excluding carboxylic acids is 2. The zero-order valence-corrected chi connectivity index (χ0v) is 15.1. The molecule has 0 radical (unpaired) electrons. The van der Waals surface area contributed by atoms with Crippen molar-refractivity contribution >= 4 is 17.5 Å². The molecular formula is C21H22N2O5. The molecule has 0 saturated heterocycles. The molecule has 0 aliphatic heterocycles. The van der Waals surface area contributed by atoms with Crippen LogP contribution in [0.4, 0.5) is 5.69 Å². The fourth-order valence-electron chi connectivity index (χ4n) is 2.20. The second-order valence-corrected chi connectivity index (χ2v) is 5.94. The lowest BCUT2D eigenvalue weighted by atomic mass is 10.1. The summed E-state index contributed by atoms with van der Waals surface area (Å²) in [5, 5.41) is 33.0. The van der Waals surface area contributed by atoms with Crippen LogP contribution in [0.15, 0.2) is 54.6 Å². The standard InChI is InChI=1S/C21H22N2O5/c24-14-4-13-22-20(27)18(25)19(26)21(28)23-17-11-9-16(10-12-17)8-7-15-5-2-1-3-6-15/h1-3,5-6,9-12,18-19,24-26H,4,13-14H2,(H,22,27)(H,23,28). The number of anilines is 1. The molecule has 0 aromatic heterocycles. The summed E-state index contributed by atoms with van der Waals surface area (Å²) in [6.07, 6.45) is -3.53. The molecule has 28 heavy (non-hydrogen) atoms. The number of carbonyl (C=O) groups is 2. The van der Waals surface area contributed by atoms with E-state index in [0.29, 0.717) is 12.1 Å². The molecular weight excluding hydrogens is 360 g/mol. The van der Waals surface area contributed by atoms with Gasteiger partial charge in [-0.1, -0.05) is 30.0 Å². The van der Waals surface area contributed by atoms with Crippen LogP contribution in [0.3, 0.4) is 0 Å². The van der Waals surface area contributed by atoms with Crippen LogP contribution in [0, 0.1) is 11.8 Å². The zero-order chi connectivity index (χ0) is 20.4. The summed E-state index contributed by atoms with van der Waals surface area (Å²) < 4.78 is 0. The summed E-state index contributed by atoms with van der Waals surface area (Å²) in [5.41, 5.74) is 2.02. The van der Waals surface area contributed by atoms with E-state index in [-0.39, 0.29) is 13.2 Å². The Kier molecular flexibility index (Phi) is 8.18. The molecule has 2 aromatic carbocycles. The molecule has 5 N–H and O–H groups in total. The Morgan fingerprint density at radius 3 is 2.04 bits per heavy atom. The minimum atomic E-state index is -1.92. The molecule has 0 fully saturated rings. The van der Waals surface area contributed by atoms with Gasteiger partial charge in [-0.25, -0.2) is 0 Å². The van der Waals surface area contributed by atoms with E-state index in [0.717, 1.165) is 11.1 Å². The van der Waals surface area contributed by atoms with Gasteiger partial charge in [0.2, 0.25) is 0 Å². The van der Waals surface area contributed by atoms with E-state index < -0.39 is 24.0 Å². The summed E-state index contributed by atoms with van der Waals surface area (Å²) in [5.74, 6) is 4.22. The van der Waals surface area contributed by atoms with Crippen molar-refractivity contribution in [3.63, 3.8) is 0 Å². The van der Waals surface area contributed by atoms with Crippen molar-refractivity contribution in [3.8, 4) is 11.8 Å². The summed E-state index contributed by atoms with van der Waals surface area (Å²) in [6.45, 7) is 0.0113. The van der Waals surface area contributed by atoms with Gasteiger partial charge < -0.3 is 26.0 Å². The Hall–Kier alpha value is -3.18. The summed E-state index contributed by atoms with van der Waals surface area (Å²) in [4.78, 5) is 23.7. The number of hydrogen-bond donors (Lipinski definition) is 5. The van der Waals surface area contributed by atoms with Gasteiger partial charge in [0.25, 0.3) is 11.8 Å². The predicted octanol–water partition coefficient (Wildman–Crippen LogP) is 0.245. The first kappa shape index (κ1) is 21.1. The van der Waals surface area contributed by atoms with Crippen molar-refractivity contribution in [1.82, 2.24) is 5.32 Å². The lowest BCUT2D eigenvalue weighted by Gasteiger charge is -2.17. The number of nitrogens with one attached hydrogen (secondary N) is 2. The zero-order valence-electron chi connectivity index (χ0n) is 15.1. The van der Waals surface area contributed by atoms with Gasteiger partial charge in [-0.2, -0.15) is 0 Å². The molecule has 2 aromatic rings. The van der Waals surface area contributed by atoms with Gasteiger partial charge in [-0.15, -0.1) is 0 Å². The molecule has 0 saturated carbocycles. The molecule has 0 spiro atoms. The Balaban J connectivity index is 1.91. The van der Waals surface area contributed by atoms with Gasteiger partial charge in [-0.05, 0) is 42.8 Å². The number of amides is 2. The van der Waals surface area contributed by atoms with Gasteiger partial charge in [0, 0.05) is 30.0 Å². The maximum Gasteiger partial charge on any atom is 0.256 e. The SMILES string of the molecule is O=C(NCCCO)C(O)C(O)C(=O)Nc1ccc(C#Cc2ccccc2)cc1. The molecule has 0 aliphatic carbocycles. The first-order valence-electron chi connectivity index (χ1n) is 8.74. The van der Waals surface area contributed by atoms with E-state index in [2.05, 4.69) is 22.5 Å². The van der Waals surface area contributed by atoms with Crippen LogP contribution in [0.2, 0.25) is 0 Å². The van der Waals surface area contributed by atoms with Crippen molar-refractivity contribution in [2.75, 3.05) is 18.5 Å². The minimum absolute atomic E-state index is 0.120. The van der Waals surface area contributed by atoms with E-state index in [1.54, 1.807) is 24.3 Å². The lowest BCUT2D eigenvalue weighted by molar-refractivity contribution is -0.143. The number of aliphatic hydroxyl groups is 3. The highest BCUT2D eigenvalue weighted by Gasteiger charge is 2.30. The van der Waals surface area contributed by atoms with Crippen LogP contribution >= 0.6 is 0 Å². The van der Waals surface area contributed by atoms with Gasteiger partial charge >= 0.3 is 0 Å². The minimum Gasteiger partial charge on any atom is -0.396 e. The lowest BCUT2D eigenvalue weighted by Crippen LogP contribution is -2.47. The largest absolute Gasteiger partial charge is 0.396 e. The highest BCUT2D eigenvalue weighted by Crippen LogP contribution is 2.10. The van der Waals surface area contributed by atoms with Crippen molar-refractivity contribution in [2.24, 2.45) is 0 Å². The predicted molar refractivity (Wildman–Crippen MR) is 104 cm³/mol. The summed E-state index contributed by atoms with van der Waals surface area (Å²) in [7, 11) is 0. The quantitative estimate of drug-likeness (QED) is 0.347. The Morgan fingerprint density at radius 2 is 1.43 bits per heavy atom. The third-order valence-electron chi connectivity index (χ3n) is 3.75. The van der Waals surface area contributed by atoms with Crippen molar-refractivity contribution in [3.05, 3.63) is 65.7 Å². The molecule has 7 nitrogen and oxygen atoms in total. The van der Waals surface area contributed by atoms with Crippen LogP contribution in [-0.4, -0.2) is 52.5 Å². The molecule has 2 atom stereocenters. The molecule has 2 rings (SSSR count). The Morgan fingerprint density at radius 1 is 0.857 bits per heavy atom. The van der Waals surface area contributed by atoms with Gasteiger partial charge in [0.05, 0.1) is 0 Å². The Bertz CT molecular complexity index is 841. The molecule has 0 aliphatic rings. The van der Waals surface area contributed by atoms with E-state index in [1.807, 2.05) is 30.3 Å². The molecule has 0 heterocycles. The molecule has 7 heteroatoms. The molecule has 146 valence electrons. The van der Waals surface area contributed by atoms with Crippen LogP contribution in [0.25, 0.3) is 0 Å². The molecule has 2 amide bonds. The Labute approximate surface area is 163 Å². The maximum absolute atomic E-state index is 12.0. The van der Waals surface area contributed by atoms with Gasteiger partial charge in [-0.3, -0.25) is 9.59 Å². The molecule has 2 unspecified atom stereocenters. The van der Waals surface area contributed by atoms with Crippen LogP contribution in [0.5, 0.6) is 0 Å². The average molecular weight is 382 g/mol. The first-order valence-corrected chi connectivity index (χ1v) is 8.74. The van der Waals surface area contributed by atoms with E-state index in [9.17, 15) is 19.8 Å².